The molecule has 4 aromatic carbocycles. The predicted octanol–water partition coefficient (Wildman–Crippen LogP) is 5.19. The van der Waals surface area contributed by atoms with Crippen molar-refractivity contribution < 1.29 is 19.4 Å². The number of fused-ring (bicyclic) bond motifs is 2. The van der Waals surface area contributed by atoms with E-state index >= 15 is 0 Å². The van der Waals surface area contributed by atoms with Gasteiger partial charge >= 0.3 is 12.1 Å². The number of hydrazine groups is 1. The molecule has 236 valence electrons. The van der Waals surface area contributed by atoms with Gasteiger partial charge in [-0.25, -0.2) is 39.8 Å². The van der Waals surface area contributed by atoms with Crippen LogP contribution in [-0.2, 0) is 0 Å². The largest absolute Gasteiger partial charge is 0.506 e. The fourth-order valence-corrected chi connectivity index (χ4v) is 5.09. The number of carbonyl (C=O) groups excluding carboxylic acids is 2. The third kappa shape index (κ3) is 6.04. The molecule has 0 spiro atoms. The lowest BCUT2D eigenvalue weighted by atomic mass is 10.2. The minimum atomic E-state index is -0.984. The maximum atomic E-state index is 14.2. The molecule has 16 heteroatoms. The van der Waals surface area contributed by atoms with Crippen molar-refractivity contribution in [3.8, 4) is 11.5 Å². The average molecular weight is 718 g/mol. The zero-order chi connectivity index (χ0) is 33.2. The Morgan fingerprint density at radius 3 is 1.81 bits per heavy atom. The maximum absolute atomic E-state index is 14.2. The van der Waals surface area contributed by atoms with Crippen molar-refractivity contribution in [2.24, 2.45) is 0 Å². The van der Waals surface area contributed by atoms with Gasteiger partial charge in [0, 0.05) is 9.50 Å². The lowest BCUT2D eigenvalue weighted by molar-refractivity contribution is 0.245. The summed E-state index contributed by atoms with van der Waals surface area (Å²) >= 11 is 9.51. The molecule has 0 unspecified atom stereocenters. The number of para-hydroxylation sites is 2. The standard InChI is InChI=1S/C31H22BrClN8O6/c1-47-25-7-3-5-23-27(25)35-17-39(29(23)44)37-30(45)40(20-12-8-18(32)9-13-20)41(21-14-10-19(33)11-15-21)31(46)36-38-16-34-26-22(28(38)43)4-2-6-24(26)42/h2-17,42H,1H3,(H,36,46)(H,37,45). The number of anilines is 2. The fraction of sp³-hybridized carbons (Fsp3) is 0.0323. The third-order valence-corrected chi connectivity index (χ3v) is 7.68. The third-order valence-electron chi connectivity index (χ3n) is 6.90. The molecule has 3 N–H and O–H groups in total. The van der Waals surface area contributed by atoms with E-state index in [-0.39, 0.29) is 33.4 Å². The van der Waals surface area contributed by atoms with E-state index in [4.69, 9.17) is 16.3 Å². The van der Waals surface area contributed by atoms with Gasteiger partial charge in [-0.3, -0.25) is 9.59 Å². The number of benzene rings is 4. The first-order valence-corrected chi connectivity index (χ1v) is 14.8. The number of halogens is 2. The molecule has 2 heterocycles. The van der Waals surface area contributed by atoms with Gasteiger partial charge in [-0.1, -0.05) is 39.7 Å². The number of aromatic nitrogens is 4. The van der Waals surface area contributed by atoms with Gasteiger partial charge in [0.2, 0.25) is 0 Å². The molecule has 6 rings (SSSR count). The summed E-state index contributed by atoms with van der Waals surface area (Å²) in [7, 11) is 1.45. The molecule has 47 heavy (non-hydrogen) atoms. The number of amides is 4. The molecule has 14 nitrogen and oxygen atoms in total. The topological polar surface area (TPSA) is 164 Å². The Morgan fingerprint density at radius 1 is 0.766 bits per heavy atom. The zero-order valence-corrected chi connectivity index (χ0v) is 26.5. The highest BCUT2D eigenvalue weighted by Crippen LogP contribution is 2.27. The number of rotatable bonds is 5. The summed E-state index contributed by atoms with van der Waals surface area (Å²) in [6.07, 6.45) is 2.15. The maximum Gasteiger partial charge on any atom is 0.360 e. The van der Waals surface area contributed by atoms with Gasteiger partial charge in [0.15, 0.2) is 0 Å². The number of nitrogens with zero attached hydrogens (tertiary/aromatic N) is 6. The van der Waals surface area contributed by atoms with Gasteiger partial charge in [0.05, 0.1) is 29.3 Å². The van der Waals surface area contributed by atoms with Crippen LogP contribution in [0, 0.1) is 0 Å². The van der Waals surface area contributed by atoms with Gasteiger partial charge in [-0.15, -0.1) is 0 Å². The monoisotopic (exact) mass is 716 g/mol. The van der Waals surface area contributed by atoms with E-state index in [1.54, 1.807) is 36.4 Å². The van der Waals surface area contributed by atoms with E-state index in [0.29, 0.717) is 20.8 Å². The van der Waals surface area contributed by atoms with E-state index in [1.807, 2.05) is 0 Å². The number of nitrogens with one attached hydrogen (secondary N) is 2. The number of hydrogen-bond acceptors (Lipinski definition) is 8. The van der Waals surface area contributed by atoms with Gasteiger partial charge in [0.25, 0.3) is 11.1 Å². The van der Waals surface area contributed by atoms with Crippen molar-refractivity contribution in [3.05, 3.63) is 128 Å². The number of hydrogen-bond donors (Lipinski definition) is 3. The molecule has 0 bridgehead atoms. The number of aromatic hydroxyl groups is 1. The van der Waals surface area contributed by atoms with E-state index in [2.05, 4.69) is 36.7 Å². The number of methoxy groups -OCH3 is 1. The van der Waals surface area contributed by atoms with E-state index in [1.165, 1.54) is 55.6 Å². The minimum absolute atomic E-state index is 0.0353. The van der Waals surface area contributed by atoms with E-state index < -0.39 is 23.2 Å². The molecule has 6 aromatic rings. The highest BCUT2D eigenvalue weighted by molar-refractivity contribution is 9.10. The second kappa shape index (κ2) is 12.8. The molecule has 0 aliphatic heterocycles. The molecule has 4 amide bonds. The van der Waals surface area contributed by atoms with Crippen LogP contribution in [0.25, 0.3) is 21.8 Å². The first-order chi connectivity index (χ1) is 22.7. The highest BCUT2D eigenvalue weighted by Gasteiger charge is 2.31. The zero-order valence-electron chi connectivity index (χ0n) is 24.2. The smallest absolute Gasteiger partial charge is 0.360 e. The fourth-order valence-electron chi connectivity index (χ4n) is 4.70. The highest BCUT2D eigenvalue weighted by atomic mass is 79.9. The summed E-state index contributed by atoms with van der Waals surface area (Å²) in [6, 6.07) is 19.5. The Balaban J connectivity index is 1.45. The van der Waals surface area contributed by atoms with Crippen LogP contribution in [0.15, 0.2) is 112 Å². The number of urea groups is 2. The van der Waals surface area contributed by atoms with Crippen LogP contribution in [0.4, 0.5) is 21.0 Å². The van der Waals surface area contributed by atoms with Crippen molar-refractivity contribution in [1.82, 2.24) is 19.3 Å². The van der Waals surface area contributed by atoms with Gasteiger partial charge in [0.1, 0.15) is 35.2 Å². The number of carbonyl (C=O) groups is 2. The second-order valence-corrected chi connectivity index (χ2v) is 11.1. The molecule has 2 aromatic heterocycles. The van der Waals surface area contributed by atoms with Gasteiger partial charge in [-0.05, 0) is 72.8 Å². The predicted molar refractivity (Wildman–Crippen MR) is 180 cm³/mol. The normalized spacial score (nSPS) is 10.9. The van der Waals surface area contributed by atoms with Crippen molar-refractivity contribution >= 4 is 72.8 Å². The lowest BCUT2D eigenvalue weighted by Gasteiger charge is -2.34. The molecule has 0 atom stereocenters. The van der Waals surface area contributed by atoms with Crippen LogP contribution in [0.3, 0.4) is 0 Å². The average Bonchev–Trinajstić information content (AvgIpc) is 3.07. The summed E-state index contributed by atoms with van der Waals surface area (Å²) in [5.74, 6) is 0.157. The van der Waals surface area contributed by atoms with Crippen LogP contribution >= 0.6 is 27.5 Å². The number of phenols is 1. The van der Waals surface area contributed by atoms with Crippen molar-refractivity contribution in [2.45, 2.75) is 0 Å². The lowest BCUT2D eigenvalue weighted by Crippen LogP contribution is -2.57. The van der Waals surface area contributed by atoms with Crippen molar-refractivity contribution in [2.75, 3.05) is 28.0 Å². The summed E-state index contributed by atoms with van der Waals surface area (Å²) in [5, 5.41) is 12.6. The quantitative estimate of drug-likeness (QED) is 0.205. The van der Waals surface area contributed by atoms with Gasteiger partial charge in [-0.2, -0.15) is 10.0 Å². The molecular formula is C31H22BrClN8O6. The summed E-state index contributed by atoms with van der Waals surface area (Å²) in [6.45, 7) is 0. The van der Waals surface area contributed by atoms with Crippen LogP contribution in [0.5, 0.6) is 11.5 Å². The second-order valence-electron chi connectivity index (χ2n) is 9.78. The first kappa shape index (κ1) is 31.1. The first-order valence-electron chi connectivity index (χ1n) is 13.6. The SMILES string of the molecule is COc1cccc2c(=O)n(NC(=O)N(c3ccc(Br)cc3)N(C(=O)Nn3cnc4c(O)cccc4c3=O)c3ccc(Cl)cc3)cnc12. The Morgan fingerprint density at radius 2 is 1.26 bits per heavy atom. The molecule has 0 radical (unpaired) electrons. The van der Waals surface area contributed by atoms with Crippen LogP contribution < -0.4 is 36.7 Å². The molecule has 0 aliphatic rings. The molecule has 0 aliphatic carbocycles. The van der Waals surface area contributed by atoms with Crippen molar-refractivity contribution in [1.29, 1.82) is 0 Å². The number of phenolic OH excluding ortho intramolecular Hbond substituents is 1. The molecule has 0 saturated heterocycles. The Labute approximate surface area is 278 Å². The summed E-state index contributed by atoms with van der Waals surface area (Å²) in [5.41, 5.74) is 4.31. The van der Waals surface area contributed by atoms with Gasteiger partial charge < -0.3 is 9.84 Å². The van der Waals surface area contributed by atoms with Crippen LogP contribution in [-0.4, -0.2) is 43.6 Å². The Hall–Kier alpha value is -5.93. The summed E-state index contributed by atoms with van der Waals surface area (Å²) in [4.78, 5) is 63.4. The minimum Gasteiger partial charge on any atom is -0.506 e. The molecule has 0 fully saturated rings. The van der Waals surface area contributed by atoms with E-state index in [0.717, 1.165) is 32.0 Å². The van der Waals surface area contributed by atoms with Crippen LogP contribution in [0.2, 0.25) is 5.02 Å². The number of ether oxygens (including phenoxy) is 1. The van der Waals surface area contributed by atoms with E-state index in [9.17, 15) is 24.3 Å². The Kier molecular flexibility index (Phi) is 8.48. The molecule has 0 saturated carbocycles. The molecular weight excluding hydrogens is 696 g/mol. The Bertz CT molecular complexity index is 2280. The van der Waals surface area contributed by atoms with Crippen molar-refractivity contribution in [3.63, 3.8) is 0 Å². The van der Waals surface area contributed by atoms with Crippen LogP contribution in [0.1, 0.15) is 0 Å². The summed E-state index contributed by atoms with van der Waals surface area (Å²) < 4.78 is 7.67.